The smallest absolute Gasteiger partial charge is 0.335 e. The van der Waals surface area contributed by atoms with Crippen LogP contribution in [0.25, 0.3) is 0 Å². The Morgan fingerprint density at radius 3 is 2.81 bits per heavy atom. The fourth-order valence-corrected chi connectivity index (χ4v) is 1.33. The number of terminal acetylenes is 1. The van der Waals surface area contributed by atoms with Crippen molar-refractivity contribution in [2.24, 2.45) is 0 Å². The lowest BCUT2D eigenvalue weighted by atomic mass is 10.1. The van der Waals surface area contributed by atoms with Gasteiger partial charge in [0.1, 0.15) is 0 Å². The highest BCUT2D eigenvalue weighted by atomic mass is 35.5. The molecular formula is C12H14ClNO2. The first-order valence-corrected chi connectivity index (χ1v) is 4.57. The van der Waals surface area contributed by atoms with Gasteiger partial charge in [0.25, 0.3) is 0 Å². The number of aromatic carboxylic acids is 1. The van der Waals surface area contributed by atoms with Crippen LogP contribution >= 0.6 is 12.4 Å². The average Bonchev–Trinajstić information content (AvgIpc) is 2.18. The van der Waals surface area contributed by atoms with Crippen LogP contribution in [-0.2, 0) is 6.54 Å². The third kappa shape index (κ3) is 4.35. The van der Waals surface area contributed by atoms with Crippen molar-refractivity contribution in [3.63, 3.8) is 0 Å². The van der Waals surface area contributed by atoms with Crippen LogP contribution in [0.2, 0.25) is 0 Å². The van der Waals surface area contributed by atoms with Gasteiger partial charge in [0.15, 0.2) is 0 Å². The van der Waals surface area contributed by atoms with Crippen molar-refractivity contribution < 1.29 is 9.90 Å². The maximum atomic E-state index is 10.7. The predicted molar refractivity (Wildman–Crippen MR) is 65.8 cm³/mol. The van der Waals surface area contributed by atoms with E-state index in [-0.39, 0.29) is 12.4 Å². The van der Waals surface area contributed by atoms with Gasteiger partial charge in [0, 0.05) is 6.54 Å². The second-order valence-electron chi connectivity index (χ2n) is 3.38. The van der Waals surface area contributed by atoms with Crippen molar-refractivity contribution in [2.75, 3.05) is 13.6 Å². The normalized spacial score (nSPS) is 9.31. The Kier molecular flexibility index (Phi) is 6.24. The van der Waals surface area contributed by atoms with Gasteiger partial charge >= 0.3 is 5.97 Å². The summed E-state index contributed by atoms with van der Waals surface area (Å²) in [5.41, 5.74) is 1.26. The van der Waals surface area contributed by atoms with E-state index >= 15 is 0 Å². The minimum atomic E-state index is -0.906. The van der Waals surface area contributed by atoms with Crippen molar-refractivity contribution in [1.82, 2.24) is 4.90 Å². The lowest BCUT2D eigenvalue weighted by Crippen LogP contribution is -2.17. The van der Waals surface area contributed by atoms with Gasteiger partial charge in [-0.3, -0.25) is 4.90 Å². The topological polar surface area (TPSA) is 40.5 Å². The first-order valence-electron chi connectivity index (χ1n) is 4.57. The van der Waals surface area contributed by atoms with Crippen molar-refractivity contribution in [2.45, 2.75) is 6.54 Å². The molecule has 16 heavy (non-hydrogen) atoms. The maximum Gasteiger partial charge on any atom is 0.335 e. The quantitative estimate of drug-likeness (QED) is 0.816. The van der Waals surface area contributed by atoms with Crippen LogP contribution in [-0.4, -0.2) is 29.6 Å². The van der Waals surface area contributed by atoms with E-state index in [4.69, 9.17) is 11.5 Å². The summed E-state index contributed by atoms with van der Waals surface area (Å²) in [6.45, 7) is 1.21. The van der Waals surface area contributed by atoms with Crippen molar-refractivity contribution >= 4 is 18.4 Å². The van der Waals surface area contributed by atoms with Gasteiger partial charge in [-0.25, -0.2) is 4.79 Å². The van der Waals surface area contributed by atoms with Gasteiger partial charge in [-0.1, -0.05) is 18.1 Å². The van der Waals surface area contributed by atoms with Crippen molar-refractivity contribution in [3.05, 3.63) is 35.4 Å². The van der Waals surface area contributed by atoms with E-state index in [1.54, 1.807) is 18.2 Å². The molecule has 0 saturated heterocycles. The molecule has 0 fully saturated rings. The van der Waals surface area contributed by atoms with Crippen LogP contribution in [0, 0.1) is 12.3 Å². The molecule has 0 aliphatic carbocycles. The first kappa shape index (κ1) is 14.5. The average molecular weight is 240 g/mol. The zero-order valence-corrected chi connectivity index (χ0v) is 9.83. The molecule has 0 radical (unpaired) electrons. The molecule has 1 aromatic carbocycles. The molecule has 0 spiro atoms. The number of halogens is 1. The van der Waals surface area contributed by atoms with E-state index in [1.807, 2.05) is 18.0 Å². The molecule has 0 amide bonds. The molecule has 0 atom stereocenters. The molecule has 1 N–H and O–H groups in total. The largest absolute Gasteiger partial charge is 0.478 e. The highest BCUT2D eigenvalue weighted by Gasteiger charge is 2.04. The second kappa shape index (κ2) is 6.89. The molecule has 0 aliphatic rings. The zero-order valence-electron chi connectivity index (χ0n) is 9.01. The fourth-order valence-electron chi connectivity index (χ4n) is 1.33. The third-order valence-corrected chi connectivity index (χ3v) is 1.99. The van der Waals surface area contributed by atoms with E-state index in [0.717, 1.165) is 5.56 Å². The van der Waals surface area contributed by atoms with E-state index in [0.29, 0.717) is 18.7 Å². The molecule has 1 aromatic rings. The Bertz CT molecular complexity index is 398. The lowest BCUT2D eigenvalue weighted by Gasteiger charge is -2.13. The van der Waals surface area contributed by atoms with E-state index in [9.17, 15) is 4.79 Å². The summed E-state index contributed by atoms with van der Waals surface area (Å²) in [6, 6.07) is 6.87. The summed E-state index contributed by atoms with van der Waals surface area (Å²) in [5, 5.41) is 8.80. The van der Waals surface area contributed by atoms with Gasteiger partial charge in [-0.05, 0) is 24.7 Å². The van der Waals surface area contributed by atoms with Crippen LogP contribution in [0.15, 0.2) is 24.3 Å². The monoisotopic (exact) mass is 239 g/mol. The van der Waals surface area contributed by atoms with Gasteiger partial charge in [-0.15, -0.1) is 18.8 Å². The van der Waals surface area contributed by atoms with Crippen LogP contribution in [0.5, 0.6) is 0 Å². The zero-order chi connectivity index (χ0) is 11.3. The number of hydrogen-bond acceptors (Lipinski definition) is 2. The second-order valence-corrected chi connectivity index (χ2v) is 3.38. The van der Waals surface area contributed by atoms with Crippen LogP contribution in [0.1, 0.15) is 15.9 Å². The molecule has 1 rings (SSSR count). The molecule has 0 aromatic heterocycles. The number of benzene rings is 1. The number of carboxylic acid groups (broad SMARTS) is 1. The molecule has 3 nitrogen and oxygen atoms in total. The highest BCUT2D eigenvalue weighted by Crippen LogP contribution is 2.07. The predicted octanol–water partition coefficient (Wildman–Crippen LogP) is 1.87. The fraction of sp³-hybridized carbons (Fsp3) is 0.250. The summed E-state index contributed by atoms with van der Waals surface area (Å²) in [6.07, 6.45) is 5.18. The molecule has 0 unspecified atom stereocenters. The van der Waals surface area contributed by atoms with E-state index in [2.05, 4.69) is 5.92 Å². The Morgan fingerprint density at radius 1 is 1.56 bits per heavy atom. The molecule has 0 aliphatic heterocycles. The van der Waals surface area contributed by atoms with Gasteiger partial charge in [-0.2, -0.15) is 0 Å². The molecular weight excluding hydrogens is 226 g/mol. The standard InChI is InChI=1S/C12H13NO2.ClH/c1-3-7-13(2)9-10-5-4-6-11(8-10)12(14)15;/h1,4-6,8H,7,9H2,2H3,(H,14,15);1H. The maximum absolute atomic E-state index is 10.7. The Morgan fingerprint density at radius 2 is 2.25 bits per heavy atom. The van der Waals surface area contributed by atoms with E-state index in [1.165, 1.54) is 0 Å². The molecule has 0 saturated carbocycles. The van der Waals surface area contributed by atoms with Crippen LogP contribution in [0.4, 0.5) is 0 Å². The highest BCUT2D eigenvalue weighted by molar-refractivity contribution is 5.87. The third-order valence-electron chi connectivity index (χ3n) is 1.99. The number of nitrogens with zero attached hydrogens (tertiary/aromatic N) is 1. The van der Waals surface area contributed by atoms with Gasteiger partial charge < -0.3 is 5.11 Å². The number of carbonyl (C=O) groups is 1. The Balaban J connectivity index is 0.00000225. The lowest BCUT2D eigenvalue weighted by molar-refractivity contribution is 0.0696. The number of hydrogen-bond donors (Lipinski definition) is 1. The summed E-state index contributed by atoms with van der Waals surface area (Å²) < 4.78 is 0. The number of carboxylic acids is 1. The van der Waals surface area contributed by atoms with E-state index < -0.39 is 5.97 Å². The van der Waals surface area contributed by atoms with Crippen LogP contribution in [0.3, 0.4) is 0 Å². The Labute approximate surface area is 101 Å². The SMILES string of the molecule is C#CCN(C)Cc1cccc(C(=O)O)c1.Cl. The number of rotatable bonds is 4. The van der Waals surface area contributed by atoms with Gasteiger partial charge in [0.05, 0.1) is 12.1 Å². The van der Waals surface area contributed by atoms with Gasteiger partial charge in [0.2, 0.25) is 0 Å². The summed E-state index contributed by atoms with van der Waals surface area (Å²) in [7, 11) is 1.90. The van der Waals surface area contributed by atoms with Crippen molar-refractivity contribution in [3.8, 4) is 12.3 Å². The molecule has 4 heteroatoms. The summed E-state index contributed by atoms with van der Waals surface area (Å²) in [4.78, 5) is 12.7. The molecule has 0 heterocycles. The minimum Gasteiger partial charge on any atom is -0.478 e. The Hall–Kier alpha value is -1.50. The van der Waals surface area contributed by atoms with Crippen molar-refractivity contribution in [1.29, 1.82) is 0 Å². The first-order chi connectivity index (χ1) is 7.13. The molecule has 86 valence electrons. The summed E-state index contributed by atoms with van der Waals surface area (Å²) in [5.74, 6) is 1.63. The summed E-state index contributed by atoms with van der Waals surface area (Å²) >= 11 is 0. The minimum absolute atomic E-state index is 0. The molecule has 0 bridgehead atoms. The van der Waals surface area contributed by atoms with Crippen LogP contribution < -0.4 is 0 Å².